The van der Waals surface area contributed by atoms with Crippen LogP contribution >= 0.6 is 0 Å². The number of nitrogens with zero attached hydrogens (tertiary/aromatic N) is 1. The topological polar surface area (TPSA) is 35.5 Å². The molecule has 0 saturated heterocycles. The lowest BCUT2D eigenvalue weighted by molar-refractivity contribution is -0.137. The lowest BCUT2D eigenvalue weighted by Gasteiger charge is -2.21. The summed E-state index contributed by atoms with van der Waals surface area (Å²) >= 11 is 0. The Kier molecular flexibility index (Phi) is 8.55. The first-order valence-electron chi connectivity index (χ1n) is 5.98. The van der Waals surface area contributed by atoms with Crippen LogP contribution in [0.4, 0.5) is 13.2 Å². The summed E-state index contributed by atoms with van der Waals surface area (Å²) in [6.07, 6.45) is -3.24. The highest BCUT2D eigenvalue weighted by Gasteiger charge is 2.27. The molecule has 0 amide bonds. The Labute approximate surface area is 101 Å². The summed E-state index contributed by atoms with van der Waals surface area (Å²) in [6, 6.07) is -0.0247. The number of aliphatic hydroxyl groups excluding tert-OH is 1. The zero-order chi connectivity index (χ0) is 13.3. The Morgan fingerprint density at radius 2 is 1.94 bits per heavy atom. The number of hydrogen-bond acceptors (Lipinski definition) is 3. The maximum atomic E-state index is 12.0. The van der Waals surface area contributed by atoms with E-state index in [0.29, 0.717) is 13.0 Å². The highest BCUT2D eigenvalue weighted by Crippen LogP contribution is 2.19. The van der Waals surface area contributed by atoms with E-state index in [1.807, 2.05) is 6.92 Å². The van der Waals surface area contributed by atoms with E-state index in [-0.39, 0.29) is 19.2 Å². The van der Waals surface area contributed by atoms with Crippen molar-refractivity contribution < 1.29 is 18.3 Å². The lowest BCUT2D eigenvalue weighted by atomic mass is 10.2. The van der Waals surface area contributed by atoms with E-state index in [0.717, 1.165) is 13.0 Å². The summed E-state index contributed by atoms with van der Waals surface area (Å²) in [5.74, 6) is 0. The van der Waals surface area contributed by atoms with Crippen LogP contribution in [0.2, 0.25) is 0 Å². The fourth-order valence-electron chi connectivity index (χ4n) is 1.41. The SMILES string of the molecule is CCCNC(CO)CCN(C)CCC(F)(F)F. The van der Waals surface area contributed by atoms with Crippen LogP contribution in [0, 0.1) is 0 Å². The van der Waals surface area contributed by atoms with E-state index < -0.39 is 12.6 Å². The van der Waals surface area contributed by atoms with Crippen LogP contribution in [0.1, 0.15) is 26.2 Å². The van der Waals surface area contributed by atoms with Gasteiger partial charge < -0.3 is 15.3 Å². The van der Waals surface area contributed by atoms with Gasteiger partial charge in [-0.2, -0.15) is 13.2 Å². The van der Waals surface area contributed by atoms with Gasteiger partial charge in [0.25, 0.3) is 0 Å². The van der Waals surface area contributed by atoms with E-state index in [4.69, 9.17) is 5.11 Å². The minimum atomic E-state index is -4.09. The van der Waals surface area contributed by atoms with E-state index >= 15 is 0 Å². The molecule has 104 valence electrons. The predicted octanol–water partition coefficient (Wildman–Crippen LogP) is 1.62. The van der Waals surface area contributed by atoms with Crippen molar-refractivity contribution in [2.24, 2.45) is 0 Å². The lowest BCUT2D eigenvalue weighted by Crippen LogP contribution is -2.37. The molecule has 0 radical (unpaired) electrons. The van der Waals surface area contributed by atoms with Crippen molar-refractivity contribution in [3.05, 3.63) is 0 Å². The van der Waals surface area contributed by atoms with Crippen LogP contribution in [0.3, 0.4) is 0 Å². The third kappa shape index (κ3) is 10.5. The second-order valence-corrected chi connectivity index (χ2v) is 4.29. The van der Waals surface area contributed by atoms with Crippen molar-refractivity contribution in [3.63, 3.8) is 0 Å². The fraction of sp³-hybridized carbons (Fsp3) is 1.00. The van der Waals surface area contributed by atoms with Crippen LogP contribution in [-0.2, 0) is 0 Å². The van der Waals surface area contributed by atoms with Crippen LogP contribution < -0.4 is 5.32 Å². The van der Waals surface area contributed by atoms with E-state index in [1.54, 1.807) is 11.9 Å². The zero-order valence-electron chi connectivity index (χ0n) is 10.6. The fourth-order valence-corrected chi connectivity index (χ4v) is 1.41. The van der Waals surface area contributed by atoms with Gasteiger partial charge in [0.05, 0.1) is 13.0 Å². The Hall–Kier alpha value is -0.330. The van der Waals surface area contributed by atoms with Gasteiger partial charge in [0, 0.05) is 12.6 Å². The number of hydrogen-bond donors (Lipinski definition) is 2. The molecule has 0 fully saturated rings. The van der Waals surface area contributed by atoms with Crippen molar-refractivity contribution in [1.29, 1.82) is 0 Å². The molecule has 0 aromatic heterocycles. The molecule has 0 spiro atoms. The molecular weight excluding hydrogens is 233 g/mol. The second kappa shape index (κ2) is 8.72. The zero-order valence-corrected chi connectivity index (χ0v) is 10.6. The predicted molar refractivity (Wildman–Crippen MR) is 62.0 cm³/mol. The molecule has 6 heteroatoms. The standard InChI is InChI=1S/C11H23F3N2O/c1-3-6-15-10(9-17)4-7-16(2)8-5-11(12,13)14/h10,15,17H,3-9H2,1-2H3. The molecule has 0 aliphatic heterocycles. The molecule has 3 nitrogen and oxygen atoms in total. The van der Waals surface area contributed by atoms with Gasteiger partial charge in [0.1, 0.15) is 0 Å². The summed E-state index contributed by atoms with van der Waals surface area (Å²) in [5, 5.41) is 12.2. The van der Waals surface area contributed by atoms with Crippen LogP contribution in [0.15, 0.2) is 0 Å². The number of rotatable bonds is 9. The highest BCUT2D eigenvalue weighted by molar-refractivity contribution is 4.67. The summed E-state index contributed by atoms with van der Waals surface area (Å²) < 4.78 is 35.9. The molecule has 0 bridgehead atoms. The van der Waals surface area contributed by atoms with Crippen LogP contribution in [0.25, 0.3) is 0 Å². The van der Waals surface area contributed by atoms with Gasteiger partial charge >= 0.3 is 6.18 Å². The normalized spacial score (nSPS) is 14.3. The van der Waals surface area contributed by atoms with E-state index in [9.17, 15) is 13.2 Å². The molecule has 17 heavy (non-hydrogen) atoms. The molecule has 0 heterocycles. The molecule has 1 atom stereocenters. The quantitative estimate of drug-likeness (QED) is 0.658. The summed E-state index contributed by atoms with van der Waals surface area (Å²) in [4.78, 5) is 1.64. The highest BCUT2D eigenvalue weighted by atomic mass is 19.4. The average molecular weight is 256 g/mol. The van der Waals surface area contributed by atoms with Crippen molar-refractivity contribution in [1.82, 2.24) is 10.2 Å². The smallest absolute Gasteiger partial charge is 0.390 e. The van der Waals surface area contributed by atoms with Crippen molar-refractivity contribution >= 4 is 0 Å². The number of halogens is 3. The van der Waals surface area contributed by atoms with Gasteiger partial charge in [-0.1, -0.05) is 6.92 Å². The van der Waals surface area contributed by atoms with Crippen molar-refractivity contribution in [2.45, 2.75) is 38.4 Å². The van der Waals surface area contributed by atoms with Gasteiger partial charge in [-0.05, 0) is 33.0 Å². The average Bonchev–Trinajstić information content (AvgIpc) is 2.25. The van der Waals surface area contributed by atoms with Crippen LogP contribution in [0.5, 0.6) is 0 Å². The largest absolute Gasteiger partial charge is 0.395 e. The summed E-state index contributed by atoms with van der Waals surface area (Å²) in [7, 11) is 1.67. The Morgan fingerprint density at radius 1 is 1.29 bits per heavy atom. The maximum absolute atomic E-state index is 12.0. The van der Waals surface area contributed by atoms with Crippen molar-refractivity contribution in [2.75, 3.05) is 33.3 Å². The molecule has 0 aliphatic carbocycles. The summed E-state index contributed by atoms with van der Waals surface area (Å²) in [6.45, 7) is 3.43. The Morgan fingerprint density at radius 3 is 2.41 bits per heavy atom. The molecule has 0 aliphatic rings. The first kappa shape index (κ1) is 16.7. The minimum absolute atomic E-state index is 0.00935. The Balaban J connectivity index is 3.69. The van der Waals surface area contributed by atoms with Gasteiger partial charge in [0.2, 0.25) is 0 Å². The molecule has 0 rings (SSSR count). The monoisotopic (exact) mass is 256 g/mol. The molecule has 2 N–H and O–H groups in total. The minimum Gasteiger partial charge on any atom is -0.395 e. The second-order valence-electron chi connectivity index (χ2n) is 4.29. The van der Waals surface area contributed by atoms with Crippen molar-refractivity contribution in [3.8, 4) is 0 Å². The summed E-state index contributed by atoms with van der Waals surface area (Å²) in [5.41, 5.74) is 0. The van der Waals surface area contributed by atoms with Gasteiger partial charge in [-0.15, -0.1) is 0 Å². The van der Waals surface area contributed by atoms with E-state index in [1.165, 1.54) is 0 Å². The molecule has 1 unspecified atom stereocenters. The third-order valence-corrected chi connectivity index (χ3v) is 2.54. The molecule has 0 aromatic rings. The van der Waals surface area contributed by atoms with Gasteiger partial charge in [-0.25, -0.2) is 0 Å². The molecular formula is C11H23F3N2O. The van der Waals surface area contributed by atoms with Crippen LogP contribution in [-0.4, -0.2) is 55.5 Å². The van der Waals surface area contributed by atoms with E-state index in [2.05, 4.69) is 5.32 Å². The van der Waals surface area contributed by atoms with Gasteiger partial charge in [0.15, 0.2) is 0 Å². The third-order valence-electron chi connectivity index (χ3n) is 2.54. The van der Waals surface area contributed by atoms with Gasteiger partial charge in [-0.3, -0.25) is 0 Å². The number of nitrogens with one attached hydrogen (secondary N) is 1. The Bertz CT molecular complexity index is 188. The first-order valence-corrected chi connectivity index (χ1v) is 5.98. The first-order chi connectivity index (χ1) is 7.89. The molecule has 0 aromatic carbocycles. The number of aliphatic hydroxyl groups is 1. The number of alkyl halides is 3. The maximum Gasteiger partial charge on any atom is 0.390 e. The molecule has 0 saturated carbocycles.